The Kier molecular flexibility index (Phi) is 12.3. The maximum absolute atomic E-state index is 12.0. The Morgan fingerprint density at radius 2 is 1.50 bits per heavy atom. The van der Waals surface area contributed by atoms with Gasteiger partial charge in [0.1, 0.15) is 0 Å². The summed E-state index contributed by atoms with van der Waals surface area (Å²) in [6.45, 7) is 5.29. The first-order chi connectivity index (χ1) is 9.65. The van der Waals surface area contributed by atoms with Crippen molar-refractivity contribution in [3.8, 4) is 0 Å². The Hall–Kier alpha value is -1.06. The molecule has 0 unspecified atom stereocenters. The number of methoxy groups -OCH3 is 1. The van der Waals surface area contributed by atoms with Crippen LogP contribution in [-0.4, -0.2) is 37.0 Å². The number of hydrogen-bond acceptors (Lipinski definition) is 3. The van der Waals surface area contributed by atoms with Crippen molar-refractivity contribution in [1.82, 2.24) is 4.90 Å². The van der Waals surface area contributed by atoms with E-state index >= 15 is 0 Å². The van der Waals surface area contributed by atoms with Gasteiger partial charge in [0.05, 0.1) is 13.5 Å². The summed E-state index contributed by atoms with van der Waals surface area (Å²) in [5, 5.41) is 0. The second kappa shape index (κ2) is 12.9. The summed E-state index contributed by atoms with van der Waals surface area (Å²) in [7, 11) is 1.37. The lowest BCUT2D eigenvalue weighted by Crippen LogP contribution is -2.32. The lowest BCUT2D eigenvalue weighted by Gasteiger charge is -2.20. The molecule has 0 aliphatic heterocycles. The summed E-state index contributed by atoms with van der Waals surface area (Å²) in [6.07, 6.45) is 9.37. The molecule has 4 nitrogen and oxygen atoms in total. The molecule has 1 amide bonds. The minimum absolute atomic E-state index is 0.157. The number of unbranched alkanes of at least 4 members (excludes halogenated alkanes) is 6. The highest BCUT2D eigenvalue weighted by atomic mass is 16.5. The van der Waals surface area contributed by atoms with E-state index < -0.39 is 0 Å². The van der Waals surface area contributed by atoms with E-state index in [0.29, 0.717) is 19.5 Å². The predicted octanol–water partition coefficient (Wildman–Crippen LogP) is 3.54. The SMILES string of the molecule is CCCCCCCCCC(=O)N(CC)CCC(=O)OC. The van der Waals surface area contributed by atoms with Gasteiger partial charge in [-0.05, 0) is 13.3 Å². The van der Waals surface area contributed by atoms with E-state index in [-0.39, 0.29) is 18.3 Å². The van der Waals surface area contributed by atoms with Crippen molar-refractivity contribution in [2.45, 2.75) is 71.6 Å². The summed E-state index contributed by atoms with van der Waals surface area (Å²) < 4.78 is 4.59. The summed E-state index contributed by atoms with van der Waals surface area (Å²) in [5.41, 5.74) is 0. The number of carbonyl (C=O) groups excluding carboxylic acids is 2. The third-order valence-electron chi connectivity index (χ3n) is 3.54. The van der Waals surface area contributed by atoms with Gasteiger partial charge in [0.2, 0.25) is 5.91 Å². The molecular formula is C16H31NO3. The van der Waals surface area contributed by atoms with Crippen molar-refractivity contribution in [3.05, 3.63) is 0 Å². The van der Waals surface area contributed by atoms with Crippen molar-refractivity contribution < 1.29 is 14.3 Å². The molecule has 0 saturated heterocycles. The third kappa shape index (κ3) is 9.82. The highest BCUT2D eigenvalue weighted by Gasteiger charge is 2.12. The first-order valence-electron chi connectivity index (χ1n) is 8.00. The van der Waals surface area contributed by atoms with Crippen molar-refractivity contribution in [2.75, 3.05) is 20.2 Å². The Bertz CT molecular complexity index is 266. The molecule has 0 rings (SSSR count). The Morgan fingerprint density at radius 1 is 0.900 bits per heavy atom. The van der Waals surface area contributed by atoms with Crippen LogP contribution in [0.15, 0.2) is 0 Å². The second-order valence-electron chi connectivity index (χ2n) is 5.17. The molecule has 0 saturated carbocycles. The van der Waals surface area contributed by atoms with Gasteiger partial charge in [0.15, 0.2) is 0 Å². The van der Waals surface area contributed by atoms with Crippen LogP contribution in [0.5, 0.6) is 0 Å². The number of rotatable bonds is 12. The maximum atomic E-state index is 12.0. The maximum Gasteiger partial charge on any atom is 0.307 e. The number of hydrogen-bond donors (Lipinski definition) is 0. The molecule has 0 radical (unpaired) electrons. The summed E-state index contributed by atoms with van der Waals surface area (Å²) in [6, 6.07) is 0. The molecule has 0 atom stereocenters. The van der Waals surface area contributed by atoms with Gasteiger partial charge in [0, 0.05) is 19.5 Å². The van der Waals surface area contributed by atoms with Crippen LogP contribution in [0.2, 0.25) is 0 Å². The summed E-state index contributed by atoms with van der Waals surface area (Å²) >= 11 is 0. The molecule has 0 spiro atoms. The monoisotopic (exact) mass is 285 g/mol. The van der Waals surface area contributed by atoms with Gasteiger partial charge in [-0.3, -0.25) is 9.59 Å². The number of ether oxygens (including phenoxy) is 1. The van der Waals surface area contributed by atoms with Gasteiger partial charge < -0.3 is 9.64 Å². The Balaban J connectivity index is 3.68. The molecule has 118 valence electrons. The van der Waals surface area contributed by atoms with E-state index in [0.717, 1.165) is 12.8 Å². The minimum Gasteiger partial charge on any atom is -0.469 e. The normalized spacial score (nSPS) is 10.3. The Morgan fingerprint density at radius 3 is 2.05 bits per heavy atom. The Labute approximate surface area is 123 Å². The average Bonchev–Trinajstić information content (AvgIpc) is 2.46. The summed E-state index contributed by atoms with van der Waals surface area (Å²) in [5.74, 6) is -0.0999. The molecule has 0 aromatic carbocycles. The standard InChI is InChI=1S/C16H31NO3/c1-4-6-7-8-9-10-11-12-15(18)17(5-2)14-13-16(19)20-3/h4-14H2,1-3H3. The molecule has 0 aromatic rings. The number of esters is 1. The molecular weight excluding hydrogens is 254 g/mol. The molecule has 0 bridgehead atoms. The topological polar surface area (TPSA) is 46.6 Å². The van der Waals surface area contributed by atoms with E-state index in [1.54, 1.807) is 4.90 Å². The van der Waals surface area contributed by atoms with E-state index in [2.05, 4.69) is 11.7 Å². The van der Waals surface area contributed by atoms with Crippen LogP contribution in [0.3, 0.4) is 0 Å². The lowest BCUT2D eigenvalue weighted by molar-refractivity contribution is -0.141. The van der Waals surface area contributed by atoms with Crippen LogP contribution in [0, 0.1) is 0 Å². The average molecular weight is 285 g/mol. The molecule has 0 N–H and O–H groups in total. The van der Waals surface area contributed by atoms with E-state index in [1.807, 2.05) is 6.92 Å². The molecule has 20 heavy (non-hydrogen) atoms. The van der Waals surface area contributed by atoms with Gasteiger partial charge in [-0.25, -0.2) is 0 Å². The van der Waals surface area contributed by atoms with Gasteiger partial charge >= 0.3 is 5.97 Å². The molecule has 0 aliphatic rings. The fourth-order valence-electron chi connectivity index (χ4n) is 2.18. The van der Waals surface area contributed by atoms with Crippen molar-refractivity contribution in [1.29, 1.82) is 0 Å². The van der Waals surface area contributed by atoms with E-state index in [1.165, 1.54) is 39.2 Å². The van der Waals surface area contributed by atoms with Gasteiger partial charge in [0.25, 0.3) is 0 Å². The predicted molar refractivity (Wildman–Crippen MR) is 81.5 cm³/mol. The van der Waals surface area contributed by atoms with Crippen LogP contribution in [0.1, 0.15) is 71.6 Å². The number of carbonyl (C=O) groups is 2. The quantitative estimate of drug-likeness (QED) is 0.407. The fraction of sp³-hybridized carbons (Fsp3) is 0.875. The number of nitrogens with zero attached hydrogens (tertiary/aromatic N) is 1. The lowest BCUT2D eigenvalue weighted by atomic mass is 10.1. The zero-order valence-electron chi connectivity index (χ0n) is 13.5. The van der Waals surface area contributed by atoms with Crippen LogP contribution >= 0.6 is 0 Å². The molecule has 0 aliphatic carbocycles. The smallest absolute Gasteiger partial charge is 0.307 e. The van der Waals surface area contributed by atoms with Gasteiger partial charge in [-0.2, -0.15) is 0 Å². The van der Waals surface area contributed by atoms with E-state index in [9.17, 15) is 9.59 Å². The molecule has 0 fully saturated rings. The van der Waals surface area contributed by atoms with Crippen LogP contribution < -0.4 is 0 Å². The number of amides is 1. The largest absolute Gasteiger partial charge is 0.469 e. The first kappa shape index (κ1) is 18.9. The zero-order chi connectivity index (χ0) is 15.2. The molecule has 4 heteroatoms. The second-order valence-corrected chi connectivity index (χ2v) is 5.17. The highest BCUT2D eigenvalue weighted by molar-refractivity contribution is 5.77. The van der Waals surface area contributed by atoms with E-state index in [4.69, 9.17) is 0 Å². The third-order valence-corrected chi connectivity index (χ3v) is 3.54. The van der Waals surface area contributed by atoms with Crippen LogP contribution in [-0.2, 0) is 14.3 Å². The summed E-state index contributed by atoms with van der Waals surface area (Å²) in [4.78, 5) is 24.8. The van der Waals surface area contributed by atoms with Crippen molar-refractivity contribution in [2.24, 2.45) is 0 Å². The zero-order valence-corrected chi connectivity index (χ0v) is 13.5. The van der Waals surface area contributed by atoms with Gasteiger partial charge in [-0.1, -0.05) is 45.4 Å². The molecule has 0 heterocycles. The van der Waals surface area contributed by atoms with Crippen molar-refractivity contribution >= 4 is 11.9 Å². The van der Waals surface area contributed by atoms with Gasteiger partial charge in [-0.15, -0.1) is 0 Å². The fourth-order valence-corrected chi connectivity index (χ4v) is 2.18. The minimum atomic E-state index is -0.257. The van der Waals surface area contributed by atoms with Crippen LogP contribution in [0.25, 0.3) is 0 Å². The van der Waals surface area contributed by atoms with Crippen LogP contribution in [0.4, 0.5) is 0 Å². The first-order valence-corrected chi connectivity index (χ1v) is 8.00. The molecule has 0 aromatic heterocycles. The highest BCUT2D eigenvalue weighted by Crippen LogP contribution is 2.09. The van der Waals surface area contributed by atoms with Crippen molar-refractivity contribution in [3.63, 3.8) is 0 Å².